The van der Waals surface area contributed by atoms with Crippen LogP contribution in [0, 0.1) is 5.92 Å². The van der Waals surface area contributed by atoms with Crippen molar-refractivity contribution in [3.63, 3.8) is 0 Å². The minimum atomic E-state index is -0.318. The molecule has 0 spiro atoms. The van der Waals surface area contributed by atoms with Gasteiger partial charge < -0.3 is 15.5 Å². The fourth-order valence-corrected chi connectivity index (χ4v) is 4.59. The zero-order valence-electron chi connectivity index (χ0n) is 16.1. The van der Waals surface area contributed by atoms with Crippen molar-refractivity contribution < 1.29 is 9.59 Å². The molecule has 3 amide bonds. The van der Waals surface area contributed by atoms with E-state index in [4.69, 9.17) is 0 Å². The lowest BCUT2D eigenvalue weighted by atomic mass is 9.78. The lowest BCUT2D eigenvalue weighted by molar-refractivity contribution is 0.0390. The van der Waals surface area contributed by atoms with Crippen LogP contribution in [0.5, 0.6) is 0 Å². The van der Waals surface area contributed by atoms with Gasteiger partial charge in [0.25, 0.3) is 5.91 Å². The molecule has 5 heteroatoms. The average Bonchev–Trinajstić information content (AvgIpc) is 2.73. The molecule has 1 saturated carbocycles. The molecule has 4 rings (SSSR count). The highest BCUT2D eigenvalue weighted by Gasteiger charge is 2.35. The molecule has 1 aliphatic heterocycles. The number of anilines is 2. The van der Waals surface area contributed by atoms with Gasteiger partial charge in [0, 0.05) is 29.5 Å². The number of fused-ring (bicyclic) bond motifs is 1. The molecule has 2 fully saturated rings. The summed E-state index contributed by atoms with van der Waals surface area (Å²) < 4.78 is 0. The van der Waals surface area contributed by atoms with Gasteiger partial charge in [-0.05, 0) is 61.9 Å². The lowest BCUT2D eigenvalue weighted by Gasteiger charge is -2.44. The summed E-state index contributed by atoms with van der Waals surface area (Å²) in [5.41, 5.74) is 1.99. The maximum atomic E-state index is 13.2. The van der Waals surface area contributed by atoms with Gasteiger partial charge in [0.2, 0.25) is 0 Å². The van der Waals surface area contributed by atoms with Crippen LogP contribution in [0.25, 0.3) is 0 Å². The minimum absolute atomic E-state index is 0.0868. The first-order valence-electron chi connectivity index (χ1n) is 10.2. The molecular formula is C23H27N3O2. The molecule has 2 atom stereocenters. The minimum Gasteiger partial charge on any atom is -0.335 e. The summed E-state index contributed by atoms with van der Waals surface area (Å²) in [5.74, 6) is 0.744. The molecule has 2 aliphatic rings. The highest BCUT2D eigenvalue weighted by atomic mass is 16.2. The molecule has 2 N–H and O–H groups in total. The molecule has 2 aromatic rings. The number of carbonyl (C=O) groups excluding carboxylic acids is 2. The second-order valence-corrected chi connectivity index (χ2v) is 7.78. The van der Waals surface area contributed by atoms with E-state index >= 15 is 0 Å². The zero-order valence-corrected chi connectivity index (χ0v) is 16.1. The van der Waals surface area contributed by atoms with Gasteiger partial charge in [-0.15, -0.1) is 0 Å². The van der Waals surface area contributed by atoms with Gasteiger partial charge >= 0.3 is 6.03 Å². The number of piperidine rings is 1. The lowest BCUT2D eigenvalue weighted by Crippen LogP contribution is -2.49. The first kappa shape index (κ1) is 18.5. The van der Waals surface area contributed by atoms with E-state index in [0.29, 0.717) is 23.2 Å². The Balaban J connectivity index is 1.44. The van der Waals surface area contributed by atoms with Crippen LogP contribution in [0.15, 0.2) is 54.6 Å². The number of likely N-dealkylation sites (tertiary alicyclic amines) is 1. The van der Waals surface area contributed by atoms with Gasteiger partial charge in [-0.3, -0.25) is 4.79 Å². The van der Waals surface area contributed by atoms with Crippen LogP contribution in [-0.4, -0.2) is 29.4 Å². The summed E-state index contributed by atoms with van der Waals surface area (Å²) in [6.45, 7) is 0.839. The Hall–Kier alpha value is -2.82. The highest BCUT2D eigenvalue weighted by Crippen LogP contribution is 2.36. The van der Waals surface area contributed by atoms with Gasteiger partial charge in [0.05, 0.1) is 0 Å². The number of hydrogen-bond acceptors (Lipinski definition) is 2. The third-order valence-electron chi connectivity index (χ3n) is 5.90. The third-order valence-corrected chi connectivity index (χ3v) is 5.90. The van der Waals surface area contributed by atoms with Crippen LogP contribution in [0.3, 0.4) is 0 Å². The predicted molar refractivity (Wildman–Crippen MR) is 112 cm³/mol. The highest BCUT2D eigenvalue weighted by molar-refractivity contribution is 6.01. The monoisotopic (exact) mass is 377 g/mol. The van der Waals surface area contributed by atoms with Crippen LogP contribution in [0.1, 0.15) is 48.9 Å². The van der Waals surface area contributed by atoms with Crippen LogP contribution in [0.4, 0.5) is 16.2 Å². The Morgan fingerprint density at radius 1 is 0.821 bits per heavy atom. The van der Waals surface area contributed by atoms with Crippen molar-refractivity contribution in [1.82, 2.24) is 4.90 Å². The fraction of sp³-hybridized carbons (Fsp3) is 0.391. The first-order chi connectivity index (χ1) is 13.7. The molecule has 0 aromatic heterocycles. The number of carbonyl (C=O) groups is 2. The van der Waals surface area contributed by atoms with Crippen molar-refractivity contribution in [2.75, 3.05) is 17.2 Å². The molecule has 2 aromatic carbocycles. The van der Waals surface area contributed by atoms with Gasteiger partial charge in [-0.2, -0.15) is 0 Å². The molecule has 1 heterocycles. The van der Waals surface area contributed by atoms with Crippen LogP contribution >= 0.6 is 0 Å². The molecule has 146 valence electrons. The van der Waals surface area contributed by atoms with E-state index in [1.807, 2.05) is 42.5 Å². The number of urea groups is 1. The van der Waals surface area contributed by atoms with E-state index in [0.717, 1.165) is 25.1 Å². The SMILES string of the molecule is O=C(Nc1ccccc1)Nc1cccc(C(=O)N2CCC[C@@H]3CCCC[C@@H]32)c1. The second kappa shape index (κ2) is 8.46. The van der Waals surface area contributed by atoms with Crippen LogP contribution in [-0.2, 0) is 0 Å². The summed E-state index contributed by atoms with van der Waals surface area (Å²) >= 11 is 0. The Labute approximate surface area is 166 Å². The standard InChI is InChI=1S/C23H27N3O2/c27-22(26-15-7-10-17-8-4-5-14-21(17)26)18-9-6-13-20(16-18)25-23(28)24-19-11-2-1-3-12-19/h1-3,6,9,11-13,16-17,21H,4-5,7-8,10,14-15H2,(H2,24,25,28)/t17-,21-/m0/s1. The van der Waals surface area contributed by atoms with E-state index in [1.54, 1.807) is 12.1 Å². The normalized spacial score (nSPS) is 21.5. The summed E-state index contributed by atoms with van der Waals surface area (Å²) in [6.07, 6.45) is 7.20. The summed E-state index contributed by atoms with van der Waals surface area (Å²) in [7, 11) is 0. The van der Waals surface area contributed by atoms with E-state index < -0.39 is 0 Å². The molecule has 0 bridgehead atoms. The van der Waals surface area contributed by atoms with Crippen molar-refractivity contribution in [2.24, 2.45) is 5.92 Å². The van der Waals surface area contributed by atoms with Crippen LogP contribution < -0.4 is 10.6 Å². The first-order valence-corrected chi connectivity index (χ1v) is 10.2. The maximum Gasteiger partial charge on any atom is 0.323 e. The number of nitrogens with one attached hydrogen (secondary N) is 2. The molecule has 0 radical (unpaired) electrons. The van der Waals surface area contributed by atoms with E-state index in [9.17, 15) is 9.59 Å². The van der Waals surface area contributed by atoms with E-state index in [2.05, 4.69) is 15.5 Å². The number of benzene rings is 2. The molecular weight excluding hydrogens is 350 g/mol. The molecule has 0 unspecified atom stereocenters. The second-order valence-electron chi connectivity index (χ2n) is 7.78. The maximum absolute atomic E-state index is 13.2. The van der Waals surface area contributed by atoms with Gasteiger partial charge in [-0.1, -0.05) is 37.1 Å². The molecule has 1 saturated heterocycles. The fourth-order valence-electron chi connectivity index (χ4n) is 4.59. The smallest absolute Gasteiger partial charge is 0.323 e. The largest absolute Gasteiger partial charge is 0.335 e. The Kier molecular flexibility index (Phi) is 5.60. The number of hydrogen-bond donors (Lipinski definition) is 2. The zero-order chi connectivity index (χ0) is 19.3. The molecule has 1 aliphatic carbocycles. The third kappa shape index (κ3) is 4.19. The van der Waals surface area contributed by atoms with Gasteiger partial charge in [-0.25, -0.2) is 4.79 Å². The van der Waals surface area contributed by atoms with Gasteiger partial charge in [0.1, 0.15) is 0 Å². The van der Waals surface area contributed by atoms with Crippen molar-refractivity contribution in [1.29, 1.82) is 0 Å². The number of amides is 3. The number of para-hydroxylation sites is 1. The summed E-state index contributed by atoms with van der Waals surface area (Å²) in [6, 6.07) is 16.6. The van der Waals surface area contributed by atoms with Crippen molar-refractivity contribution in [3.05, 3.63) is 60.2 Å². The summed E-state index contributed by atoms with van der Waals surface area (Å²) in [5, 5.41) is 5.62. The van der Waals surface area contributed by atoms with Crippen molar-refractivity contribution in [3.8, 4) is 0 Å². The Bertz CT molecular complexity index is 835. The van der Waals surface area contributed by atoms with Crippen LogP contribution in [0.2, 0.25) is 0 Å². The molecule has 28 heavy (non-hydrogen) atoms. The quantitative estimate of drug-likeness (QED) is 0.779. The number of rotatable bonds is 3. The average molecular weight is 377 g/mol. The predicted octanol–water partition coefficient (Wildman–Crippen LogP) is 5.13. The molecule has 5 nitrogen and oxygen atoms in total. The van der Waals surface area contributed by atoms with E-state index in [1.165, 1.54) is 25.7 Å². The van der Waals surface area contributed by atoms with Crippen molar-refractivity contribution in [2.45, 2.75) is 44.6 Å². The topological polar surface area (TPSA) is 61.4 Å². The number of nitrogens with zero attached hydrogens (tertiary/aromatic N) is 1. The van der Waals surface area contributed by atoms with E-state index in [-0.39, 0.29) is 11.9 Å². The van der Waals surface area contributed by atoms with Gasteiger partial charge in [0.15, 0.2) is 0 Å². The Morgan fingerprint density at radius 3 is 2.39 bits per heavy atom. The summed E-state index contributed by atoms with van der Waals surface area (Å²) in [4.78, 5) is 27.5. The van der Waals surface area contributed by atoms with Crippen molar-refractivity contribution >= 4 is 23.3 Å². The Morgan fingerprint density at radius 2 is 1.54 bits per heavy atom.